The third-order valence-electron chi connectivity index (χ3n) is 6.08. The van der Waals surface area contributed by atoms with E-state index in [0.29, 0.717) is 29.9 Å². The Balaban J connectivity index is 1.60. The van der Waals surface area contributed by atoms with Crippen LogP contribution in [0.15, 0.2) is 48.5 Å². The number of fused-ring (bicyclic) bond motifs is 3. The van der Waals surface area contributed by atoms with Crippen LogP contribution in [-0.2, 0) is 11.3 Å². The van der Waals surface area contributed by atoms with Gasteiger partial charge >= 0.3 is 6.03 Å². The van der Waals surface area contributed by atoms with E-state index >= 15 is 0 Å². The molecule has 3 amide bonds. The minimum atomic E-state index is -0.625. The summed E-state index contributed by atoms with van der Waals surface area (Å²) in [6.45, 7) is 2.92. The zero-order valence-electron chi connectivity index (χ0n) is 18.5. The van der Waals surface area contributed by atoms with Crippen molar-refractivity contribution in [2.75, 3.05) is 25.6 Å². The van der Waals surface area contributed by atoms with E-state index in [1.807, 2.05) is 64.9 Å². The first-order chi connectivity index (χ1) is 15.9. The normalized spacial score (nSPS) is 19.7. The molecule has 2 unspecified atom stereocenters. The van der Waals surface area contributed by atoms with E-state index in [0.717, 1.165) is 21.8 Å². The molecule has 1 fully saturated rings. The molecule has 0 radical (unpaired) electrons. The Morgan fingerprint density at radius 1 is 1.00 bits per heavy atom. The highest BCUT2D eigenvalue weighted by molar-refractivity contribution is 6.30. The van der Waals surface area contributed by atoms with Gasteiger partial charge in [0.05, 0.1) is 6.61 Å². The number of halogens is 1. The molecule has 5 rings (SSSR count). The van der Waals surface area contributed by atoms with Gasteiger partial charge in [0, 0.05) is 31.2 Å². The molecule has 0 saturated carbocycles. The zero-order valence-corrected chi connectivity index (χ0v) is 19.2. The maximum atomic E-state index is 13.3. The van der Waals surface area contributed by atoms with Crippen LogP contribution in [0.2, 0.25) is 5.02 Å². The van der Waals surface area contributed by atoms with Crippen molar-refractivity contribution < 1.29 is 14.3 Å². The molecule has 2 aliphatic heterocycles. The summed E-state index contributed by atoms with van der Waals surface area (Å²) in [5, 5.41) is 9.51. The minimum absolute atomic E-state index is 0.278. The number of ether oxygens (including phenoxy) is 1. The number of likely N-dealkylation sites (N-methyl/N-ethyl adjacent to an activating group) is 2. The summed E-state index contributed by atoms with van der Waals surface area (Å²) < 4.78 is 7.42. The number of hydrogen-bond acceptors (Lipinski definition) is 6. The molecular weight excluding hydrogens is 444 g/mol. The molecule has 1 saturated heterocycles. The van der Waals surface area contributed by atoms with Crippen molar-refractivity contribution in [3.8, 4) is 17.1 Å². The molecule has 2 aromatic carbocycles. The SMILES string of the molecule is CCOc1ccc(-c2nnc3n2C2C(C(=O)N(C)C(=O)N2C)N3Cc2ccc(Cl)cc2)cc1. The lowest BCUT2D eigenvalue weighted by molar-refractivity contribution is -0.133. The second-order valence-electron chi connectivity index (χ2n) is 8.05. The fourth-order valence-corrected chi connectivity index (χ4v) is 4.58. The van der Waals surface area contributed by atoms with Crippen molar-refractivity contribution in [3.05, 3.63) is 59.1 Å². The number of carbonyl (C=O) groups is 2. The second-order valence-corrected chi connectivity index (χ2v) is 8.49. The third-order valence-corrected chi connectivity index (χ3v) is 6.33. The molecule has 0 N–H and O–H groups in total. The van der Waals surface area contributed by atoms with Crippen LogP contribution < -0.4 is 9.64 Å². The van der Waals surface area contributed by atoms with Crippen LogP contribution in [0.3, 0.4) is 0 Å². The first-order valence-corrected chi connectivity index (χ1v) is 11.0. The Labute approximate surface area is 196 Å². The number of benzene rings is 2. The van der Waals surface area contributed by atoms with Gasteiger partial charge in [0.2, 0.25) is 5.95 Å². The Kier molecular flexibility index (Phi) is 5.20. The van der Waals surface area contributed by atoms with Crippen molar-refractivity contribution >= 4 is 29.5 Å². The summed E-state index contributed by atoms with van der Waals surface area (Å²) in [5.41, 5.74) is 1.78. The number of imide groups is 1. The first kappa shape index (κ1) is 21.3. The first-order valence-electron chi connectivity index (χ1n) is 10.6. The van der Waals surface area contributed by atoms with Crippen LogP contribution in [0.1, 0.15) is 18.7 Å². The van der Waals surface area contributed by atoms with Gasteiger partial charge in [-0.3, -0.25) is 14.3 Å². The lowest BCUT2D eigenvalue weighted by atomic mass is 10.1. The third kappa shape index (κ3) is 3.39. The van der Waals surface area contributed by atoms with Crippen molar-refractivity contribution in [1.29, 1.82) is 0 Å². The van der Waals surface area contributed by atoms with Crippen LogP contribution in [0.5, 0.6) is 5.75 Å². The van der Waals surface area contributed by atoms with E-state index in [9.17, 15) is 9.59 Å². The molecule has 9 nitrogen and oxygen atoms in total. The summed E-state index contributed by atoms with van der Waals surface area (Å²) in [6, 6.07) is 14.0. The molecule has 10 heteroatoms. The van der Waals surface area contributed by atoms with E-state index in [-0.39, 0.29) is 11.9 Å². The Morgan fingerprint density at radius 3 is 2.36 bits per heavy atom. The maximum Gasteiger partial charge on any atom is 0.327 e. The van der Waals surface area contributed by atoms with Crippen LogP contribution in [-0.4, -0.2) is 63.2 Å². The van der Waals surface area contributed by atoms with Gasteiger partial charge in [-0.1, -0.05) is 23.7 Å². The van der Waals surface area contributed by atoms with Crippen LogP contribution in [0, 0.1) is 0 Å². The topological polar surface area (TPSA) is 83.8 Å². The molecule has 0 spiro atoms. The average molecular weight is 467 g/mol. The molecule has 3 heterocycles. The number of anilines is 1. The molecule has 3 aromatic rings. The lowest BCUT2D eigenvalue weighted by Crippen LogP contribution is -2.61. The Hall–Kier alpha value is -3.59. The van der Waals surface area contributed by atoms with Crippen LogP contribution in [0.4, 0.5) is 10.7 Å². The van der Waals surface area contributed by atoms with Gasteiger partial charge in [0.1, 0.15) is 11.9 Å². The highest BCUT2D eigenvalue weighted by Gasteiger charge is 2.54. The van der Waals surface area contributed by atoms with Crippen molar-refractivity contribution in [2.45, 2.75) is 25.7 Å². The highest BCUT2D eigenvalue weighted by atomic mass is 35.5. The predicted molar refractivity (Wildman–Crippen MR) is 123 cm³/mol. The fraction of sp³-hybridized carbons (Fsp3) is 0.304. The second kappa shape index (κ2) is 8.08. The van der Waals surface area contributed by atoms with Crippen molar-refractivity contribution in [1.82, 2.24) is 24.6 Å². The van der Waals surface area contributed by atoms with Gasteiger partial charge in [0.15, 0.2) is 11.9 Å². The van der Waals surface area contributed by atoms with Gasteiger partial charge in [-0.25, -0.2) is 4.79 Å². The van der Waals surface area contributed by atoms with E-state index in [1.54, 1.807) is 11.9 Å². The van der Waals surface area contributed by atoms with Crippen LogP contribution >= 0.6 is 11.6 Å². The number of rotatable bonds is 5. The highest BCUT2D eigenvalue weighted by Crippen LogP contribution is 2.43. The number of urea groups is 1. The quantitative estimate of drug-likeness (QED) is 0.573. The summed E-state index contributed by atoms with van der Waals surface area (Å²) in [6.07, 6.45) is -0.569. The Bertz CT molecular complexity index is 1210. The number of nitrogens with zero attached hydrogens (tertiary/aromatic N) is 6. The van der Waals surface area contributed by atoms with Gasteiger partial charge < -0.3 is 14.5 Å². The predicted octanol–water partition coefficient (Wildman–Crippen LogP) is 3.41. The summed E-state index contributed by atoms with van der Waals surface area (Å²) in [5.74, 6) is 1.59. The van der Waals surface area contributed by atoms with Gasteiger partial charge in [0.25, 0.3) is 5.91 Å². The molecule has 1 aromatic heterocycles. The number of hydrogen-bond donors (Lipinski definition) is 0. The summed E-state index contributed by atoms with van der Waals surface area (Å²) in [4.78, 5) is 30.7. The monoisotopic (exact) mass is 466 g/mol. The van der Waals surface area contributed by atoms with Gasteiger partial charge in [-0.2, -0.15) is 0 Å². The Morgan fingerprint density at radius 2 is 1.70 bits per heavy atom. The summed E-state index contributed by atoms with van der Waals surface area (Å²) >= 11 is 6.05. The molecule has 0 bridgehead atoms. The van der Waals surface area contributed by atoms with Crippen molar-refractivity contribution in [3.63, 3.8) is 0 Å². The maximum absolute atomic E-state index is 13.3. The van der Waals surface area contributed by atoms with Gasteiger partial charge in [-0.05, 0) is 48.9 Å². The molecular formula is C23H23ClN6O3. The molecule has 2 aliphatic rings. The largest absolute Gasteiger partial charge is 0.494 e. The van der Waals surface area contributed by atoms with Gasteiger partial charge in [-0.15, -0.1) is 10.2 Å². The molecule has 33 heavy (non-hydrogen) atoms. The van der Waals surface area contributed by atoms with E-state index in [4.69, 9.17) is 16.3 Å². The smallest absolute Gasteiger partial charge is 0.327 e. The van der Waals surface area contributed by atoms with Crippen molar-refractivity contribution in [2.24, 2.45) is 0 Å². The average Bonchev–Trinajstić information content (AvgIpc) is 3.37. The van der Waals surface area contributed by atoms with Crippen LogP contribution in [0.25, 0.3) is 11.4 Å². The lowest BCUT2D eigenvalue weighted by Gasteiger charge is -2.40. The zero-order chi connectivity index (χ0) is 23.3. The number of carbonyl (C=O) groups excluding carboxylic acids is 2. The number of amides is 3. The molecule has 0 aliphatic carbocycles. The fourth-order valence-electron chi connectivity index (χ4n) is 4.46. The van der Waals surface area contributed by atoms with E-state index < -0.39 is 12.2 Å². The van der Waals surface area contributed by atoms with E-state index in [1.165, 1.54) is 7.05 Å². The molecule has 170 valence electrons. The number of aromatic nitrogens is 3. The summed E-state index contributed by atoms with van der Waals surface area (Å²) in [7, 11) is 3.20. The standard InChI is InChI=1S/C23H23ClN6O3/c1-4-33-17-11-7-15(8-12-17)19-25-26-22-29(13-14-5-9-16(24)10-6-14)18-20(30(19)22)27(2)23(32)28(3)21(18)31/h5-12,18,20H,4,13H2,1-3H3. The molecule has 2 atom stereocenters. The minimum Gasteiger partial charge on any atom is -0.494 e. The van der Waals surface area contributed by atoms with E-state index in [2.05, 4.69) is 10.2 Å².